The van der Waals surface area contributed by atoms with Crippen molar-refractivity contribution in [1.29, 1.82) is 0 Å². The number of nitrogens with one attached hydrogen (secondary N) is 1. The second-order valence-electron chi connectivity index (χ2n) is 5.85. The smallest absolute Gasteiger partial charge is 0.241 e. The molecular weight excluding hydrogens is 416 g/mol. The van der Waals surface area contributed by atoms with Crippen LogP contribution in [0.1, 0.15) is 0 Å². The molecule has 2 heterocycles. The molecule has 0 unspecified atom stereocenters. The van der Waals surface area contributed by atoms with E-state index in [-0.39, 0.29) is 28.0 Å². The fourth-order valence-corrected chi connectivity index (χ4v) is 3.93. The molecule has 2 aromatic heterocycles. The Morgan fingerprint density at radius 2 is 2.10 bits per heavy atom. The highest BCUT2D eigenvalue weighted by molar-refractivity contribution is 7.99. The van der Waals surface area contributed by atoms with Gasteiger partial charge in [-0.05, 0) is 30.3 Å². The van der Waals surface area contributed by atoms with Gasteiger partial charge in [-0.1, -0.05) is 11.8 Å². The molecule has 0 saturated carbocycles. The number of primary sulfonamides is 1. The van der Waals surface area contributed by atoms with Gasteiger partial charge in [0.1, 0.15) is 10.6 Å². The summed E-state index contributed by atoms with van der Waals surface area (Å²) in [5.41, 5.74) is 1.10. The fraction of sp³-hybridized carbons (Fsp3) is 0.176. The molecule has 0 saturated heterocycles. The molecule has 12 heteroatoms. The van der Waals surface area contributed by atoms with Crippen molar-refractivity contribution in [3.05, 3.63) is 42.7 Å². The number of amides is 1. The van der Waals surface area contributed by atoms with Gasteiger partial charge in [-0.3, -0.25) is 9.78 Å². The zero-order chi connectivity index (χ0) is 21.0. The number of thioether (sulfide) groups is 1. The van der Waals surface area contributed by atoms with Crippen molar-refractivity contribution in [2.24, 2.45) is 12.2 Å². The zero-order valence-electron chi connectivity index (χ0n) is 15.6. The number of hydrogen-bond donors (Lipinski definition) is 2. The number of ether oxygens (including phenoxy) is 1. The Morgan fingerprint density at radius 1 is 1.31 bits per heavy atom. The number of benzene rings is 1. The minimum atomic E-state index is -4.00. The quantitative estimate of drug-likeness (QED) is 0.529. The minimum absolute atomic E-state index is 0.0513. The Balaban J connectivity index is 1.68. The zero-order valence-corrected chi connectivity index (χ0v) is 17.2. The monoisotopic (exact) mass is 434 g/mol. The molecule has 0 radical (unpaired) electrons. The van der Waals surface area contributed by atoms with E-state index in [0.717, 1.165) is 5.56 Å². The Kier molecular flexibility index (Phi) is 6.15. The molecule has 0 spiro atoms. The van der Waals surface area contributed by atoms with Crippen molar-refractivity contribution in [3.8, 4) is 17.1 Å². The van der Waals surface area contributed by atoms with Gasteiger partial charge < -0.3 is 14.6 Å². The third kappa shape index (κ3) is 4.91. The van der Waals surface area contributed by atoms with Gasteiger partial charge in [0, 0.05) is 30.7 Å². The molecule has 1 amide bonds. The number of aromatic nitrogens is 4. The molecule has 0 bridgehead atoms. The molecule has 0 aliphatic rings. The van der Waals surface area contributed by atoms with E-state index in [0.29, 0.717) is 11.0 Å². The van der Waals surface area contributed by atoms with E-state index in [9.17, 15) is 13.2 Å². The number of methoxy groups -OCH3 is 1. The van der Waals surface area contributed by atoms with E-state index in [2.05, 4.69) is 20.5 Å². The molecule has 0 atom stereocenters. The lowest BCUT2D eigenvalue weighted by atomic mass is 10.3. The molecule has 0 fully saturated rings. The molecule has 1 aromatic carbocycles. The van der Waals surface area contributed by atoms with Crippen LogP contribution in [0, 0.1) is 0 Å². The largest absolute Gasteiger partial charge is 0.495 e. The number of sulfonamides is 1. The average molecular weight is 435 g/mol. The number of carbonyl (C=O) groups excluding carboxylic acids is 1. The third-order valence-corrected chi connectivity index (χ3v) is 5.79. The van der Waals surface area contributed by atoms with E-state index >= 15 is 0 Å². The van der Waals surface area contributed by atoms with Crippen LogP contribution in [0.4, 0.5) is 5.69 Å². The van der Waals surface area contributed by atoms with Gasteiger partial charge in [0.15, 0.2) is 11.0 Å². The van der Waals surface area contributed by atoms with E-state index in [1.807, 2.05) is 6.07 Å². The van der Waals surface area contributed by atoms with Crippen LogP contribution >= 0.6 is 11.8 Å². The number of anilines is 1. The number of rotatable bonds is 7. The van der Waals surface area contributed by atoms with Gasteiger partial charge in [0.05, 0.1) is 12.9 Å². The maximum absolute atomic E-state index is 12.3. The summed E-state index contributed by atoms with van der Waals surface area (Å²) < 4.78 is 30.1. The maximum atomic E-state index is 12.3. The maximum Gasteiger partial charge on any atom is 0.241 e. The predicted molar refractivity (Wildman–Crippen MR) is 108 cm³/mol. The summed E-state index contributed by atoms with van der Waals surface area (Å²) in [6.07, 6.45) is 3.35. The molecule has 3 N–H and O–H groups in total. The van der Waals surface area contributed by atoms with Crippen molar-refractivity contribution in [3.63, 3.8) is 0 Å². The fourth-order valence-electron chi connectivity index (χ4n) is 2.49. The standard InChI is InChI=1S/C17H18N6O4S2/c1-23-16(11-4-3-7-19-9-11)21-22-17(23)28-10-15(24)20-12-5-6-13(27-2)14(8-12)29(18,25)26/h3-9H,10H2,1-2H3,(H,20,24)(H2,18,25,26). The van der Waals surface area contributed by atoms with Gasteiger partial charge in [0.2, 0.25) is 15.9 Å². The molecule has 3 rings (SSSR count). The summed E-state index contributed by atoms with van der Waals surface area (Å²) in [5.74, 6) is 0.442. The van der Waals surface area contributed by atoms with E-state index in [1.165, 1.54) is 37.1 Å². The summed E-state index contributed by atoms with van der Waals surface area (Å²) in [7, 11) is -0.868. The van der Waals surface area contributed by atoms with Crippen LogP contribution in [0.5, 0.6) is 5.75 Å². The lowest BCUT2D eigenvalue weighted by Gasteiger charge is -2.10. The average Bonchev–Trinajstić information content (AvgIpc) is 3.07. The molecule has 29 heavy (non-hydrogen) atoms. The van der Waals surface area contributed by atoms with Crippen molar-refractivity contribution in [2.45, 2.75) is 10.1 Å². The van der Waals surface area contributed by atoms with E-state index in [4.69, 9.17) is 9.88 Å². The first-order valence-electron chi connectivity index (χ1n) is 8.23. The third-order valence-electron chi connectivity index (χ3n) is 3.84. The SMILES string of the molecule is COc1ccc(NC(=O)CSc2nnc(-c3cccnc3)n2C)cc1S(N)(=O)=O. The molecule has 10 nitrogen and oxygen atoms in total. The summed E-state index contributed by atoms with van der Waals surface area (Å²) >= 11 is 1.20. The first-order chi connectivity index (χ1) is 13.8. The van der Waals surface area contributed by atoms with Crippen LogP contribution in [-0.4, -0.2) is 46.9 Å². The first kappa shape index (κ1) is 20.8. The molecule has 3 aromatic rings. The lowest BCUT2D eigenvalue weighted by molar-refractivity contribution is -0.113. The number of hydrogen-bond acceptors (Lipinski definition) is 8. The molecule has 152 valence electrons. The van der Waals surface area contributed by atoms with Crippen molar-refractivity contribution < 1.29 is 17.9 Å². The first-order valence-corrected chi connectivity index (χ1v) is 10.8. The summed E-state index contributed by atoms with van der Waals surface area (Å²) in [6, 6.07) is 7.86. The summed E-state index contributed by atoms with van der Waals surface area (Å²) in [4.78, 5) is 16.1. The highest BCUT2D eigenvalue weighted by atomic mass is 32.2. The normalized spacial score (nSPS) is 11.3. The van der Waals surface area contributed by atoms with Crippen LogP contribution in [0.3, 0.4) is 0 Å². The van der Waals surface area contributed by atoms with Gasteiger partial charge in [-0.25, -0.2) is 13.6 Å². The van der Waals surface area contributed by atoms with Gasteiger partial charge >= 0.3 is 0 Å². The highest BCUT2D eigenvalue weighted by Crippen LogP contribution is 2.26. The van der Waals surface area contributed by atoms with E-state index < -0.39 is 10.0 Å². The van der Waals surface area contributed by atoms with Crippen LogP contribution in [0.25, 0.3) is 11.4 Å². The van der Waals surface area contributed by atoms with Gasteiger partial charge in [-0.15, -0.1) is 10.2 Å². The van der Waals surface area contributed by atoms with Crippen molar-refractivity contribution in [2.75, 3.05) is 18.2 Å². The second-order valence-corrected chi connectivity index (χ2v) is 8.33. The van der Waals surface area contributed by atoms with Gasteiger partial charge in [-0.2, -0.15) is 0 Å². The van der Waals surface area contributed by atoms with Gasteiger partial charge in [0.25, 0.3) is 0 Å². The second kappa shape index (κ2) is 8.59. The highest BCUT2D eigenvalue weighted by Gasteiger charge is 2.17. The van der Waals surface area contributed by atoms with Crippen molar-refractivity contribution >= 4 is 33.4 Å². The molecule has 0 aliphatic carbocycles. The lowest BCUT2D eigenvalue weighted by Crippen LogP contribution is -2.17. The predicted octanol–water partition coefficient (Wildman–Crippen LogP) is 1.26. The van der Waals surface area contributed by atoms with Crippen LogP contribution in [-0.2, 0) is 21.9 Å². The molecule has 0 aliphatic heterocycles. The van der Waals surface area contributed by atoms with Crippen LogP contribution in [0.15, 0.2) is 52.8 Å². The van der Waals surface area contributed by atoms with Crippen LogP contribution in [0.2, 0.25) is 0 Å². The topological polar surface area (TPSA) is 142 Å². The Labute approximate surface area is 171 Å². The van der Waals surface area contributed by atoms with E-state index in [1.54, 1.807) is 30.1 Å². The number of carbonyl (C=O) groups is 1. The number of nitrogens with two attached hydrogens (primary N) is 1. The Morgan fingerprint density at radius 3 is 2.76 bits per heavy atom. The Bertz CT molecular complexity index is 1130. The molecular formula is C17H18N6O4S2. The van der Waals surface area contributed by atoms with Crippen molar-refractivity contribution in [1.82, 2.24) is 19.7 Å². The number of nitrogens with zero attached hydrogens (tertiary/aromatic N) is 4. The van der Waals surface area contributed by atoms with Crippen LogP contribution < -0.4 is 15.2 Å². The summed E-state index contributed by atoms with van der Waals surface area (Å²) in [5, 5.41) is 16.6. The number of pyridine rings is 1. The minimum Gasteiger partial charge on any atom is -0.495 e. The Hall–Kier alpha value is -2.96. The summed E-state index contributed by atoms with van der Waals surface area (Å²) in [6.45, 7) is 0.